The molecule has 1 heterocycles. The van der Waals surface area contributed by atoms with Gasteiger partial charge in [0.2, 0.25) is 0 Å². The lowest BCUT2D eigenvalue weighted by atomic mass is 9.89. The van der Waals surface area contributed by atoms with Crippen LogP contribution < -0.4 is 11.1 Å². The summed E-state index contributed by atoms with van der Waals surface area (Å²) in [6.07, 6.45) is 4.07. The number of nitrogens with two attached hydrogens (primary N) is 1. The molecular formula is C25H27N3O2S. The first kappa shape index (κ1) is 21.3. The van der Waals surface area contributed by atoms with Crippen LogP contribution >= 0.6 is 11.3 Å². The number of rotatable bonds is 6. The second-order valence-corrected chi connectivity index (χ2v) is 8.89. The molecule has 1 aliphatic rings. The van der Waals surface area contributed by atoms with E-state index in [0.29, 0.717) is 17.0 Å². The van der Waals surface area contributed by atoms with Gasteiger partial charge in [-0.15, -0.1) is 11.3 Å². The van der Waals surface area contributed by atoms with Crippen molar-refractivity contribution in [2.45, 2.75) is 44.3 Å². The fraction of sp³-hybridized carbons (Fsp3) is 0.280. The fourth-order valence-corrected chi connectivity index (χ4v) is 4.72. The van der Waals surface area contributed by atoms with E-state index < -0.39 is 0 Å². The molecule has 0 radical (unpaired) electrons. The molecule has 0 spiro atoms. The van der Waals surface area contributed by atoms with Gasteiger partial charge >= 0.3 is 0 Å². The fourth-order valence-electron chi connectivity index (χ4n) is 4.10. The van der Waals surface area contributed by atoms with E-state index in [1.807, 2.05) is 70.9 Å². The third-order valence-corrected chi connectivity index (χ3v) is 6.64. The van der Waals surface area contributed by atoms with Crippen molar-refractivity contribution in [1.82, 2.24) is 4.90 Å². The number of carbonyl (C=O) groups is 2. The molecule has 1 aromatic heterocycles. The molecule has 1 saturated carbocycles. The molecule has 3 N–H and O–H groups in total. The van der Waals surface area contributed by atoms with E-state index in [0.717, 1.165) is 36.9 Å². The Morgan fingerprint density at radius 2 is 1.71 bits per heavy atom. The Morgan fingerprint density at radius 1 is 0.968 bits per heavy atom. The van der Waals surface area contributed by atoms with Crippen molar-refractivity contribution in [3.8, 4) is 0 Å². The summed E-state index contributed by atoms with van der Waals surface area (Å²) in [5.41, 5.74) is 8.86. The van der Waals surface area contributed by atoms with Crippen molar-refractivity contribution in [2.75, 3.05) is 5.32 Å². The van der Waals surface area contributed by atoms with Crippen molar-refractivity contribution in [3.63, 3.8) is 0 Å². The van der Waals surface area contributed by atoms with Crippen molar-refractivity contribution < 1.29 is 9.59 Å². The highest BCUT2D eigenvalue weighted by Crippen LogP contribution is 2.26. The highest BCUT2D eigenvalue weighted by molar-refractivity contribution is 7.12. The molecule has 5 nitrogen and oxygen atoms in total. The zero-order valence-corrected chi connectivity index (χ0v) is 18.2. The summed E-state index contributed by atoms with van der Waals surface area (Å²) < 4.78 is 0. The van der Waals surface area contributed by atoms with Gasteiger partial charge in [-0.2, -0.15) is 0 Å². The van der Waals surface area contributed by atoms with E-state index in [2.05, 4.69) is 5.32 Å². The maximum atomic E-state index is 13.4. The number of hydrogen-bond acceptors (Lipinski definition) is 4. The quantitative estimate of drug-likeness (QED) is 0.580. The van der Waals surface area contributed by atoms with E-state index in [4.69, 9.17) is 5.73 Å². The van der Waals surface area contributed by atoms with E-state index in [9.17, 15) is 9.59 Å². The molecule has 3 aromatic rings. The molecule has 1 aliphatic carbocycles. The average Bonchev–Trinajstić information content (AvgIpc) is 3.35. The minimum atomic E-state index is -0.114. The minimum absolute atomic E-state index is 0.00855. The van der Waals surface area contributed by atoms with E-state index in [1.54, 1.807) is 6.07 Å². The summed E-state index contributed by atoms with van der Waals surface area (Å²) in [6.45, 7) is 0.491. The predicted molar refractivity (Wildman–Crippen MR) is 125 cm³/mol. The second-order valence-electron chi connectivity index (χ2n) is 7.94. The number of amides is 2. The molecule has 1 fully saturated rings. The molecule has 0 saturated heterocycles. The van der Waals surface area contributed by atoms with Crippen LogP contribution in [0, 0.1) is 0 Å². The Morgan fingerprint density at radius 3 is 2.39 bits per heavy atom. The van der Waals surface area contributed by atoms with Gasteiger partial charge in [-0.05, 0) is 54.1 Å². The van der Waals surface area contributed by atoms with Crippen molar-refractivity contribution in [2.24, 2.45) is 5.73 Å². The zero-order chi connectivity index (χ0) is 21.6. The number of thiophene rings is 1. The molecule has 2 amide bonds. The first-order valence-corrected chi connectivity index (χ1v) is 11.5. The topological polar surface area (TPSA) is 75.4 Å². The molecule has 0 bridgehead atoms. The first-order valence-electron chi connectivity index (χ1n) is 10.7. The number of nitrogens with zero attached hydrogens (tertiary/aromatic N) is 1. The van der Waals surface area contributed by atoms with E-state index in [1.165, 1.54) is 11.3 Å². The number of nitrogens with one attached hydrogen (secondary N) is 1. The lowest BCUT2D eigenvalue weighted by Gasteiger charge is -2.38. The number of benzene rings is 2. The molecule has 2 atom stereocenters. The molecule has 0 aliphatic heterocycles. The molecule has 4 rings (SSSR count). The largest absolute Gasteiger partial charge is 0.330 e. The van der Waals surface area contributed by atoms with E-state index >= 15 is 0 Å². The molecule has 31 heavy (non-hydrogen) atoms. The minimum Gasteiger partial charge on any atom is -0.330 e. The third kappa shape index (κ3) is 5.21. The van der Waals surface area contributed by atoms with Crippen LogP contribution in [0.25, 0.3) is 0 Å². The molecule has 160 valence electrons. The molecule has 6 heteroatoms. The molecular weight excluding hydrogens is 406 g/mol. The van der Waals surface area contributed by atoms with Gasteiger partial charge < -0.3 is 16.0 Å². The Bertz CT molecular complexity index is 1000. The summed E-state index contributed by atoms with van der Waals surface area (Å²) in [5, 5.41) is 4.80. The SMILES string of the molecule is NC1CCCCC1N(Cc1ccc(NC(=O)c2cccs2)cc1)C(=O)c1ccccc1. The highest BCUT2D eigenvalue weighted by Gasteiger charge is 2.31. The lowest BCUT2D eigenvalue weighted by Crippen LogP contribution is -2.51. The van der Waals surface area contributed by atoms with Gasteiger partial charge in [0, 0.05) is 29.9 Å². The summed E-state index contributed by atoms with van der Waals surface area (Å²) in [5.74, 6) is -0.102. The zero-order valence-electron chi connectivity index (χ0n) is 17.4. The average molecular weight is 434 g/mol. The maximum Gasteiger partial charge on any atom is 0.265 e. The van der Waals surface area contributed by atoms with Gasteiger partial charge in [-0.25, -0.2) is 0 Å². The van der Waals surface area contributed by atoms with Crippen LogP contribution in [0.15, 0.2) is 72.1 Å². The Kier molecular flexibility index (Phi) is 6.79. The van der Waals surface area contributed by atoms with Gasteiger partial charge in [0.25, 0.3) is 11.8 Å². The van der Waals surface area contributed by atoms with Crippen molar-refractivity contribution >= 4 is 28.8 Å². The lowest BCUT2D eigenvalue weighted by molar-refractivity contribution is 0.0583. The smallest absolute Gasteiger partial charge is 0.265 e. The van der Waals surface area contributed by atoms with Crippen molar-refractivity contribution in [3.05, 3.63) is 88.1 Å². The van der Waals surface area contributed by atoms with Gasteiger partial charge in [0.1, 0.15) is 0 Å². The van der Waals surface area contributed by atoms with Crippen LogP contribution in [-0.4, -0.2) is 28.8 Å². The second kappa shape index (κ2) is 9.90. The Labute approximate surface area is 186 Å². The Hall–Kier alpha value is -2.96. The first-order chi connectivity index (χ1) is 15.1. The van der Waals surface area contributed by atoms with Gasteiger partial charge in [-0.1, -0.05) is 49.2 Å². The standard InChI is InChI=1S/C25H27N3O2S/c26-21-9-4-5-10-22(21)28(25(30)19-7-2-1-3-8-19)17-18-12-14-20(15-13-18)27-24(29)23-11-6-16-31-23/h1-3,6-8,11-16,21-22H,4-5,9-10,17,26H2,(H,27,29). The summed E-state index contributed by atoms with van der Waals surface area (Å²) >= 11 is 1.41. The highest BCUT2D eigenvalue weighted by atomic mass is 32.1. The molecule has 2 aromatic carbocycles. The van der Waals surface area contributed by atoms with Crippen LogP contribution in [0.4, 0.5) is 5.69 Å². The van der Waals surface area contributed by atoms with Gasteiger partial charge in [0.05, 0.1) is 4.88 Å². The third-order valence-electron chi connectivity index (χ3n) is 5.77. The van der Waals surface area contributed by atoms with Gasteiger partial charge in [-0.3, -0.25) is 9.59 Å². The summed E-state index contributed by atoms with van der Waals surface area (Å²) in [7, 11) is 0. The van der Waals surface area contributed by atoms with Crippen LogP contribution in [0.2, 0.25) is 0 Å². The van der Waals surface area contributed by atoms with Crippen LogP contribution in [0.1, 0.15) is 51.3 Å². The number of anilines is 1. The van der Waals surface area contributed by atoms with Gasteiger partial charge in [0.15, 0.2) is 0 Å². The number of carbonyl (C=O) groups excluding carboxylic acids is 2. The normalized spacial score (nSPS) is 18.4. The Balaban J connectivity index is 1.51. The van der Waals surface area contributed by atoms with E-state index in [-0.39, 0.29) is 23.9 Å². The van der Waals surface area contributed by atoms with Crippen molar-refractivity contribution in [1.29, 1.82) is 0 Å². The summed E-state index contributed by atoms with van der Waals surface area (Å²) in [4.78, 5) is 28.2. The molecule has 2 unspecified atom stereocenters. The maximum absolute atomic E-state index is 13.4. The summed E-state index contributed by atoms with van der Waals surface area (Å²) in [6, 6.07) is 20.8. The van der Waals surface area contributed by atoms with Crippen LogP contribution in [-0.2, 0) is 6.54 Å². The van der Waals surface area contributed by atoms with Crippen LogP contribution in [0.3, 0.4) is 0 Å². The van der Waals surface area contributed by atoms with Crippen LogP contribution in [0.5, 0.6) is 0 Å². The predicted octanol–water partition coefficient (Wildman–Crippen LogP) is 4.91. The number of hydrogen-bond donors (Lipinski definition) is 2. The monoisotopic (exact) mass is 433 g/mol.